The molecule has 0 saturated carbocycles. The van der Waals surface area contributed by atoms with Gasteiger partial charge in [-0.2, -0.15) is 0 Å². The van der Waals surface area contributed by atoms with Crippen LogP contribution < -0.4 is 10.1 Å². The molecule has 1 aromatic carbocycles. The van der Waals surface area contributed by atoms with Crippen LogP contribution in [0.25, 0.3) is 0 Å². The van der Waals surface area contributed by atoms with Gasteiger partial charge in [0.05, 0.1) is 17.2 Å². The summed E-state index contributed by atoms with van der Waals surface area (Å²) < 4.78 is 18.4. The van der Waals surface area contributed by atoms with Crippen molar-refractivity contribution in [2.75, 3.05) is 7.05 Å². The highest BCUT2D eigenvalue weighted by Crippen LogP contribution is 2.19. The molecule has 27 heavy (non-hydrogen) atoms. The largest absolute Gasteiger partial charge is 0.439 e. The zero-order chi connectivity index (χ0) is 19.2. The maximum atomic E-state index is 12.9. The van der Waals surface area contributed by atoms with E-state index in [9.17, 15) is 9.18 Å². The quantitative estimate of drug-likeness (QED) is 0.692. The van der Waals surface area contributed by atoms with Crippen molar-refractivity contribution in [3.05, 3.63) is 70.1 Å². The second-order valence-electron chi connectivity index (χ2n) is 5.93. The second-order valence-corrected chi connectivity index (χ2v) is 7.00. The van der Waals surface area contributed by atoms with Crippen LogP contribution in [0.1, 0.15) is 16.3 Å². The number of ether oxygens (including phenoxy) is 1. The fourth-order valence-corrected chi connectivity index (χ4v) is 2.91. The molecule has 0 atom stereocenters. The number of pyridine rings is 1. The standard InChI is InChI=1S/C19H19FN4O2S/c1-13-23-16(12-27-13)11-24(2)19(25)22-10-14-3-8-18(21-9-14)26-17-6-4-15(20)5-7-17/h3-9,12H,10-11H2,1-2H3,(H,22,25). The van der Waals surface area contributed by atoms with E-state index in [4.69, 9.17) is 4.74 Å². The van der Waals surface area contributed by atoms with E-state index in [1.165, 1.54) is 24.3 Å². The molecule has 0 aliphatic heterocycles. The molecule has 140 valence electrons. The Balaban J connectivity index is 1.49. The molecule has 6 nitrogen and oxygen atoms in total. The van der Waals surface area contributed by atoms with Crippen LogP contribution in [0.4, 0.5) is 9.18 Å². The normalized spacial score (nSPS) is 10.5. The monoisotopic (exact) mass is 386 g/mol. The third-order valence-electron chi connectivity index (χ3n) is 3.69. The predicted octanol–water partition coefficient (Wildman–Crippen LogP) is 4.12. The topological polar surface area (TPSA) is 67.4 Å². The summed E-state index contributed by atoms with van der Waals surface area (Å²) in [6.07, 6.45) is 1.63. The molecule has 2 amide bonds. The van der Waals surface area contributed by atoms with Gasteiger partial charge in [0.25, 0.3) is 0 Å². The molecule has 3 aromatic rings. The van der Waals surface area contributed by atoms with Gasteiger partial charge in [0.15, 0.2) is 0 Å². The first-order valence-corrected chi connectivity index (χ1v) is 9.16. The van der Waals surface area contributed by atoms with Crippen LogP contribution in [0.2, 0.25) is 0 Å². The number of aromatic nitrogens is 2. The fourth-order valence-electron chi connectivity index (χ4n) is 2.31. The smallest absolute Gasteiger partial charge is 0.317 e. The first-order chi connectivity index (χ1) is 13.0. The summed E-state index contributed by atoms with van der Waals surface area (Å²) >= 11 is 1.56. The van der Waals surface area contributed by atoms with Gasteiger partial charge in [-0.3, -0.25) is 0 Å². The number of urea groups is 1. The van der Waals surface area contributed by atoms with E-state index >= 15 is 0 Å². The van der Waals surface area contributed by atoms with Crippen molar-refractivity contribution in [1.82, 2.24) is 20.2 Å². The number of nitrogens with one attached hydrogen (secondary N) is 1. The van der Waals surface area contributed by atoms with Crippen molar-refractivity contribution in [2.24, 2.45) is 0 Å². The zero-order valence-electron chi connectivity index (χ0n) is 15.0. The van der Waals surface area contributed by atoms with Crippen molar-refractivity contribution >= 4 is 17.4 Å². The summed E-state index contributed by atoms with van der Waals surface area (Å²) in [6.45, 7) is 2.74. The van der Waals surface area contributed by atoms with E-state index < -0.39 is 0 Å². The van der Waals surface area contributed by atoms with E-state index in [1.807, 2.05) is 18.4 Å². The Kier molecular flexibility index (Phi) is 5.97. The first-order valence-electron chi connectivity index (χ1n) is 8.28. The summed E-state index contributed by atoms with van der Waals surface area (Å²) in [5, 5.41) is 5.77. The van der Waals surface area contributed by atoms with E-state index in [2.05, 4.69) is 15.3 Å². The van der Waals surface area contributed by atoms with Gasteiger partial charge in [-0.15, -0.1) is 11.3 Å². The Labute approximate surface area is 160 Å². The van der Waals surface area contributed by atoms with E-state index in [-0.39, 0.29) is 11.8 Å². The van der Waals surface area contributed by atoms with Crippen LogP contribution in [-0.4, -0.2) is 27.9 Å². The van der Waals surface area contributed by atoms with Crippen LogP contribution in [0.15, 0.2) is 48.0 Å². The fraction of sp³-hybridized carbons (Fsp3) is 0.211. The molecule has 0 saturated heterocycles. The maximum absolute atomic E-state index is 12.9. The van der Waals surface area contributed by atoms with Gasteiger partial charge in [0.1, 0.15) is 11.6 Å². The minimum absolute atomic E-state index is 0.188. The van der Waals surface area contributed by atoms with E-state index in [0.717, 1.165) is 16.3 Å². The Hall–Kier alpha value is -3.00. The average Bonchev–Trinajstić information content (AvgIpc) is 3.07. The van der Waals surface area contributed by atoms with Gasteiger partial charge < -0.3 is 15.0 Å². The van der Waals surface area contributed by atoms with Gasteiger partial charge >= 0.3 is 6.03 Å². The molecule has 8 heteroatoms. The van der Waals surface area contributed by atoms with Crippen molar-refractivity contribution in [3.8, 4) is 11.6 Å². The number of hydrogen-bond acceptors (Lipinski definition) is 5. The summed E-state index contributed by atoms with van der Waals surface area (Å²) in [4.78, 5) is 22.3. The number of carbonyl (C=O) groups excluding carboxylic acids is 1. The predicted molar refractivity (Wildman–Crippen MR) is 101 cm³/mol. The second kappa shape index (κ2) is 8.59. The van der Waals surface area contributed by atoms with Crippen LogP contribution in [0.3, 0.4) is 0 Å². The number of hydrogen-bond donors (Lipinski definition) is 1. The van der Waals surface area contributed by atoms with Gasteiger partial charge in [0, 0.05) is 31.2 Å². The average molecular weight is 386 g/mol. The van der Waals surface area contributed by atoms with Gasteiger partial charge in [0.2, 0.25) is 5.88 Å². The SMILES string of the molecule is Cc1nc(CN(C)C(=O)NCc2ccc(Oc3ccc(F)cc3)nc2)cs1. The number of amides is 2. The lowest BCUT2D eigenvalue weighted by Gasteiger charge is -2.16. The molecule has 1 N–H and O–H groups in total. The molecule has 0 unspecified atom stereocenters. The number of aryl methyl sites for hydroxylation is 1. The minimum Gasteiger partial charge on any atom is -0.439 e. The first kappa shape index (κ1) is 18.8. The molecule has 0 aliphatic carbocycles. The number of nitrogens with zero attached hydrogens (tertiary/aromatic N) is 3. The molecule has 0 aliphatic rings. The lowest BCUT2D eigenvalue weighted by atomic mass is 10.3. The zero-order valence-corrected chi connectivity index (χ0v) is 15.8. The van der Waals surface area contributed by atoms with Crippen LogP contribution in [0, 0.1) is 12.7 Å². The van der Waals surface area contributed by atoms with Crippen LogP contribution >= 0.6 is 11.3 Å². The Morgan fingerprint density at radius 3 is 2.67 bits per heavy atom. The van der Waals surface area contributed by atoms with E-state index in [1.54, 1.807) is 35.5 Å². The van der Waals surface area contributed by atoms with E-state index in [0.29, 0.717) is 24.7 Å². The molecule has 0 bridgehead atoms. The third kappa shape index (κ3) is 5.49. The number of rotatable bonds is 6. The van der Waals surface area contributed by atoms with Crippen LogP contribution in [-0.2, 0) is 13.1 Å². The van der Waals surface area contributed by atoms with Gasteiger partial charge in [-0.1, -0.05) is 6.07 Å². The molecular formula is C19H19FN4O2S. The highest BCUT2D eigenvalue weighted by atomic mass is 32.1. The molecule has 3 rings (SSSR count). The molecule has 2 aromatic heterocycles. The van der Waals surface area contributed by atoms with Crippen molar-refractivity contribution in [3.63, 3.8) is 0 Å². The van der Waals surface area contributed by atoms with Gasteiger partial charge in [-0.25, -0.2) is 19.2 Å². The van der Waals surface area contributed by atoms with Crippen molar-refractivity contribution < 1.29 is 13.9 Å². The highest BCUT2D eigenvalue weighted by molar-refractivity contribution is 7.09. The number of thiazole rings is 1. The lowest BCUT2D eigenvalue weighted by molar-refractivity contribution is 0.206. The molecule has 0 spiro atoms. The number of benzene rings is 1. The maximum Gasteiger partial charge on any atom is 0.317 e. The Morgan fingerprint density at radius 2 is 2.04 bits per heavy atom. The molecular weight excluding hydrogens is 367 g/mol. The summed E-state index contributed by atoms with van der Waals surface area (Å²) in [6, 6.07) is 9.04. The molecule has 2 heterocycles. The minimum atomic E-state index is -0.323. The van der Waals surface area contributed by atoms with Crippen molar-refractivity contribution in [1.29, 1.82) is 0 Å². The third-order valence-corrected chi connectivity index (χ3v) is 4.51. The molecule has 0 fully saturated rings. The molecule has 0 radical (unpaired) electrons. The summed E-state index contributed by atoms with van der Waals surface area (Å²) in [7, 11) is 1.72. The number of carbonyl (C=O) groups is 1. The van der Waals surface area contributed by atoms with Crippen molar-refractivity contribution in [2.45, 2.75) is 20.0 Å². The Bertz CT molecular complexity index is 897. The lowest BCUT2D eigenvalue weighted by Crippen LogP contribution is -2.36. The summed E-state index contributed by atoms with van der Waals surface area (Å²) in [5.41, 5.74) is 1.71. The Morgan fingerprint density at radius 1 is 1.26 bits per heavy atom. The highest BCUT2D eigenvalue weighted by Gasteiger charge is 2.10. The number of halogens is 1. The van der Waals surface area contributed by atoms with Crippen LogP contribution in [0.5, 0.6) is 11.6 Å². The summed E-state index contributed by atoms with van der Waals surface area (Å²) in [5.74, 6) is 0.577. The van der Waals surface area contributed by atoms with Gasteiger partial charge in [-0.05, 0) is 36.8 Å².